The first-order valence-electron chi connectivity index (χ1n) is 3.35. The predicted molar refractivity (Wildman–Crippen MR) is 60.6 cm³/mol. The molecule has 0 spiro atoms. The Morgan fingerprint density at radius 3 is 1.38 bits per heavy atom. The molecule has 16 heavy (non-hydrogen) atoms. The lowest BCUT2D eigenvalue weighted by Gasteiger charge is -1.80. The highest BCUT2D eigenvalue weighted by atomic mass is 127. The first-order chi connectivity index (χ1) is 7.40. The number of hydrogen-bond acceptors (Lipinski definition) is 7. The molecule has 0 unspecified atom stereocenters. The van der Waals surface area contributed by atoms with Crippen LogP contribution < -0.4 is 0 Å². The van der Waals surface area contributed by atoms with E-state index in [1.54, 1.807) is 0 Å². The molecule has 1 aromatic carbocycles. The summed E-state index contributed by atoms with van der Waals surface area (Å²) in [6, 6.07) is 9.46. The lowest BCUT2D eigenvalue weighted by molar-refractivity contribution is -0.403. The second kappa shape index (κ2) is 11.2. The highest BCUT2D eigenvalue weighted by Gasteiger charge is 1.81. The minimum Gasteiger partial charge on any atom is -0.356 e. The monoisotopic (exact) mass is 344 g/mol. The summed E-state index contributed by atoms with van der Waals surface area (Å²) in [5.41, 5.74) is 0. The Morgan fingerprint density at radius 2 is 1.19 bits per heavy atom. The summed E-state index contributed by atoms with van der Waals surface area (Å²) >= 11 is -0.941. The van der Waals surface area contributed by atoms with Gasteiger partial charge in [-0.1, -0.05) is 18.2 Å². The molecule has 1 aromatic rings. The summed E-state index contributed by atoms with van der Waals surface area (Å²) < 4.78 is 11.2. The SMILES string of the molecule is O=Ic1ccccc1.O=[N+]([O-])[O-].O=[N+]([O-])[O-]. The first kappa shape index (κ1) is 16.6. The maximum atomic E-state index is 10.2. The molecule has 0 radical (unpaired) electrons. The van der Waals surface area contributed by atoms with Gasteiger partial charge >= 0.3 is 0 Å². The molecular weight excluding hydrogens is 339 g/mol. The molecule has 10 heteroatoms. The number of halogens is 1. The second-order valence-corrected chi connectivity index (χ2v) is 3.51. The molecule has 0 aliphatic carbocycles. The van der Waals surface area contributed by atoms with Gasteiger partial charge in [-0.15, -0.1) is 0 Å². The summed E-state index contributed by atoms with van der Waals surface area (Å²) in [5, 5.41) is 29.5. The van der Waals surface area contributed by atoms with Gasteiger partial charge in [0.25, 0.3) is 0 Å². The van der Waals surface area contributed by atoms with Crippen molar-refractivity contribution in [2.75, 3.05) is 0 Å². The van der Waals surface area contributed by atoms with Crippen molar-refractivity contribution >= 4 is 21.2 Å². The van der Waals surface area contributed by atoms with E-state index in [2.05, 4.69) is 0 Å². The first-order valence-corrected chi connectivity index (χ1v) is 5.31. The van der Waals surface area contributed by atoms with Gasteiger partial charge in [-0.2, -0.15) is 0 Å². The van der Waals surface area contributed by atoms with Gasteiger partial charge in [0.1, 0.15) is 0 Å². The topological polar surface area (TPSA) is 149 Å². The Bertz CT molecular complexity index is 311. The molecule has 9 nitrogen and oxygen atoms in total. The Kier molecular flexibility index (Phi) is 11.6. The van der Waals surface area contributed by atoms with Crippen LogP contribution in [-0.4, -0.2) is 10.2 Å². The van der Waals surface area contributed by atoms with Gasteiger partial charge in [0.15, 0.2) is 21.2 Å². The van der Waals surface area contributed by atoms with E-state index in [0.29, 0.717) is 0 Å². The lowest BCUT2D eigenvalue weighted by Crippen LogP contribution is -1.74. The van der Waals surface area contributed by atoms with Gasteiger partial charge in [0.05, 0.1) is 10.2 Å². The molecule has 0 heterocycles. The Morgan fingerprint density at radius 1 is 0.875 bits per heavy atom. The van der Waals surface area contributed by atoms with Crippen LogP contribution in [0.4, 0.5) is 0 Å². The molecular formula is C6H5IN2O7-2. The van der Waals surface area contributed by atoms with Crippen molar-refractivity contribution in [1.29, 1.82) is 0 Å². The van der Waals surface area contributed by atoms with Crippen LogP contribution in [0, 0.1) is 34.2 Å². The zero-order chi connectivity index (χ0) is 13.0. The molecule has 0 saturated carbocycles. The quantitative estimate of drug-likeness (QED) is 0.427. The van der Waals surface area contributed by atoms with Crippen molar-refractivity contribution < 1.29 is 13.2 Å². The van der Waals surface area contributed by atoms with E-state index >= 15 is 0 Å². The van der Waals surface area contributed by atoms with E-state index in [1.165, 1.54) is 0 Å². The minimum absolute atomic E-state index is 0.941. The number of benzene rings is 1. The zero-order valence-electron chi connectivity index (χ0n) is 7.52. The van der Waals surface area contributed by atoms with E-state index in [0.717, 1.165) is 3.57 Å². The van der Waals surface area contributed by atoms with Crippen molar-refractivity contribution in [2.45, 2.75) is 0 Å². The van der Waals surface area contributed by atoms with E-state index in [-0.39, 0.29) is 0 Å². The smallest absolute Gasteiger partial charge is 0.182 e. The second-order valence-electron chi connectivity index (χ2n) is 1.82. The third-order valence-corrected chi connectivity index (χ3v) is 2.05. The minimum atomic E-state index is -1.75. The van der Waals surface area contributed by atoms with Gasteiger partial charge < -0.3 is 30.6 Å². The molecule has 0 N–H and O–H groups in total. The third-order valence-electron chi connectivity index (χ3n) is 0.822. The Balaban J connectivity index is 0. The summed E-state index contributed by atoms with van der Waals surface area (Å²) in [4.78, 5) is 16.5. The fourth-order valence-corrected chi connectivity index (χ4v) is 1.17. The molecule has 0 aliphatic heterocycles. The van der Waals surface area contributed by atoms with E-state index in [4.69, 9.17) is 30.6 Å². The van der Waals surface area contributed by atoms with Crippen LogP contribution in [0.3, 0.4) is 0 Å². The summed E-state index contributed by atoms with van der Waals surface area (Å²) in [7, 11) is 0. The summed E-state index contributed by atoms with van der Waals surface area (Å²) in [5.74, 6) is 0. The highest BCUT2D eigenvalue weighted by molar-refractivity contribution is 14.1. The summed E-state index contributed by atoms with van der Waals surface area (Å²) in [6.07, 6.45) is 0. The molecule has 0 atom stereocenters. The van der Waals surface area contributed by atoms with Gasteiger partial charge in [0, 0.05) is 3.57 Å². The molecule has 0 fully saturated rings. The molecule has 0 aromatic heterocycles. The molecule has 0 bridgehead atoms. The van der Waals surface area contributed by atoms with Crippen molar-refractivity contribution in [3.63, 3.8) is 0 Å². The number of nitrogens with zero attached hydrogens (tertiary/aromatic N) is 2. The Hall–Kier alpha value is -1.85. The van der Waals surface area contributed by atoms with Crippen molar-refractivity contribution in [3.8, 4) is 0 Å². The number of rotatable bonds is 1. The molecule has 0 amide bonds. The Labute approximate surface area is 99.2 Å². The van der Waals surface area contributed by atoms with Crippen LogP contribution in [0.5, 0.6) is 0 Å². The highest BCUT2D eigenvalue weighted by Crippen LogP contribution is 2.06. The molecule has 1 rings (SSSR count). The lowest BCUT2D eigenvalue weighted by atomic mass is 10.4. The van der Waals surface area contributed by atoms with Gasteiger partial charge in [0.2, 0.25) is 0 Å². The third kappa shape index (κ3) is 22.7. The van der Waals surface area contributed by atoms with Gasteiger partial charge in [-0.05, 0) is 12.1 Å². The summed E-state index contributed by atoms with van der Waals surface area (Å²) in [6.45, 7) is 0. The maximum Gasteiger partial charge on any atom is 0.182 e. The predicted octanol–water partition coefficient (Wildman–Crippen LogP) is 1.69. The normalized spacial score (nSPS) is 7.50. The van der Waals surface area contributed by atoms with E-state index in [1.807, 2.05) is 30.3 Å². The van der Waals surface area contributed by atoms with Crippen LogP contribution in [0.2, 0.25) is 0 Å². The standard InChI is InChI=1S/C6H5IO.2NO3/c8-7-6-4-2-1-3-5-6;2*2-1(3)4/h1-5H;;/q;2*-1. The largest absolute Gasteiger partial charge is 0.356 e. The van der Waals surface area contributed by atoms with Crippen LogP contribution in [0.15, 0.2) is 30.3 Å². The molecule has 0 saturated heterocycles. The van der Waals surface area contributed by atoms with Crippen molar-refractivity contribution in [1.82, 2.24) is 0 Å². The van der Waals surface area contributed by atoms with Crippen LogP contribution in [-0.2, 0) is 3.07 Å². The van der Waals surface area contributed by atoms with Crippen LogP contribution in [0.25, 0.3) is 0 Å². The maximum absolute atomic E-state index is 10.2. The van der Waals surface area contributed by atoms with Gasteiger partial charge in [-0.3, -0.25) is 3.07 Å². The van der Waals surface area contributed by atoms with E-state index < -0.39 is 31.4 Å². The van der Waals surface area contributed by atoms with E-state index in [9.17, 15) is 3.07 Å². The number of hydrogen-bond donors (Lipinski definition) is 0. The van der Waals surface area contributed by atoms with Crippen molar-refractivity contribution in [2.24, 2.45) is 0 Å². The van der Waals surface area contributed by atoms with Crippen LogP contribution in [0.1, 0.15) is 0 Å². The van der Waals surface area contributed by atoms with Crippen LogP contribution >= 0.6 is 21.2 Å². The molecule has 90 valence electrons. The van der Waals surface area contributed by atoms with Gasteiger partial charge in [-0.25, -0.2) is 0 Å². The fraction of sp³-hybridized carbons (Fsp3) is 0. The fourth-order valence-electron chi connectivity index (χ4n) is 0.466. The molecule has 0 aliphatic rings. The zero-order valence-corrected chi connectivity index (χ0v) is 9.67. The van der Waals surface area contributed by atoms with Crippen molar-refractivity contribution in [3.05, 3.63) is 64.5 Å². The average Bonchev–Trinajstić information content (AvgIpc) is 2.17. The average molecular weight is 344 g/mol.